The predicted octanol–water partition coefficient (Wildman–Crippen LogP) is 3.26. The van der Waals surface area contributed by atoms with Crippen LogP contribution in [-0.2, 0) is 14.3 Å². The molecule has 1 aliphatic rings. The number of rotatable bonds is 3. The monoisotopic (exact) mass is 326 g/mol. The van der Waals surface area contributed by atoms with Crippen LogP contribution in [0.15, 0.2) is 34.9 Å². The number of allylic oxidation sites excluding steroid dienone is 2. The Labute approximate surface area is 142 Å². The van der Waals surface area contributed by atoms with E-state index in [1.54, 1.807) is 13.8 Å². The molecule has 0 amide bonds. The van der Waals surface area contributed by atoms with Crippen LogP contribution in [0.25, 0.3) is 0 Å². The van der Waals surface area contributed by atoms with Crippen LogP contribution in [0.3, 0.4) is 0 Å². The molecule has 0 aliphatic carbocycles. The number of esters is 1. The van der Waals surface area contributed by atoms with E-state index in [1.165, 1.54) is 0 Å². The van der Waals surface area contributed by atoms with E-state index in [0.29, 0.717) is 11.3 Å². The van der Waals surface area contributed by atoms with Gasteiger partial charge in [-0.1, -0.05) is 17.7 Å². The summed E-state index contributed by atoms with van der Waals surface area (Å²) >= 11 is 0. The van der Waals surface area contributed by atoms with E-state index in [2.05, 4.69) is 6.07 Å². The summed E-state index contributed by atoms with van der Waals surface area (Å²) in [5.41, 5.74) is 10.5. The average molecular weight is 326 g/mol. The number of nitrogens with zero attached hydrogens (tertiary/aromatic N) is 1. The third kappa shape index (κ3) is 3.00. The van der Waals surface area contributed by atoms with Crippen molar-refractivity contribution >= 4 is 5.97 Å². The Kier molecular flexibility index (Phi) is 4.99. The third-order valence-electron chi connectivity index (χ3n) is 4.13. The molecule has 5 nitrogen and oxygen atoms in total. The number of nitrogens with two attached hydrogens (primary N) is 1. The second kappa shape index (κ2) is 6.79. The minimum absolute atomic E-state index is 0.0347. The Bertz CT molecular complexity index is 774. The number of aryl methyl sites for hydroxylation is 3. The SMILES string of the molecule is CCOC(=O)C1=C(C)OC(N)=C(C#N)[C@@H]1c1c(C)cc(C)cc1C. The fraction of sp³-hybridized carbons (Fsp3) is 0.368. The summed E-state index contributed by atoms with van der Waals surface area (Å²) in [5.74, 6) is -0.662. The van der Waals surface area contributed by atoms with Crippen molar-refractivity contribution in [3.63, 3.8) is 0 Å². The molecule has 126 valence electrons. The zero-order valence-corrected chi connectivity index (χ0v) is 14.7. The zero-order valence-electron chi connectivity index (χ0n) is 14.7. The highest BCUT2D eigenvalue weighted by atomic mass is 16.5. The molecule has 0 unspecified atom stereocenters. The van der Waals surface area contributed by atoms with E-state index < -0.39 is 11.9 Å². The zero-order chi connectivity index (χ0) is 18.0. The molecule has 1 atom stereocenters. The lowest BCUT2D eigenvalue weighted by Gasteiger charge is -2.29. The summed E-state index contributed by atoms with van der Waals surface area (Å²) in [6, 6.07) is 6.16. The Morgan fingerprint density at radius 1 is 1.29 bits per heavy atom. The molecule has 0 aromatic heterocycles. The number of hydrogen-bond donors (Lipinski definition) is 1. The number of carbonyl (C=O) groups is 1. The number of hydrogen-bond acceptors (Lipinski definition) is 5. The molecule has 0 spiro atoms. The molecule has 0 fully saturated rings. The third-order valence-corrected chi connectivity index (χ3v) is 4.13. The lowest BCUT2D eigenvalue weighted by atomic mass is 9.79. The van der Waals surface area contributed by atoms with Crippen LogP contribution >= 0.6 is 0 Å². The molecule has 1 aromatic carbocycles. The summed E-state index contributed by atoms with van der Waals surface area (Å²) in [6.07, 6.45) is 0. The van der Waals surface area contributed by atoms with Crippen molar-refractivity contribution in [2.45, 2.75) is 40.5 Å². The summed E-state index contributed by atoms with van der Waals surface area (Å²) < 4.78 is 10.6. The van der Waals surface area contributed by atoms with Crippen LogP contribution < -0.4 is 5.73 Å². The first kappa shape index (κ1) is 17.6. The van der Waals surface area contributed by atoms with Gasteiger partial charge in [0.05, 0.1) is 18.1 Å². The van der Waals surface area contributed by atoms with Gasteiger partial charge in [0, 0.05) is 0 Å². The topological polar surface area (TPSA) is 85.3 Å². The first-order valence-corrected chi connectivity index (χ1v) is 7.85. The highest BCUT2D eigenvalue weighted by Gasteiger charge is 2.37. The second-order valence-corrected chi connectivity index (χ2v) is 5.93. The molecular weight excluding hydrogens is 304 g/mol. The van der Waals surface area contributed by atoms with Crippen molar-refractivity contribution in [2.75, 3.05) is 6.61 Å². The van der Waals surface area contributed by atoms with Crippen molar-refractivity contribution in [3.05, 3.63) is 57.2 Å². The van der Waals surface area contributed by atoms with Gasteiger partial charge in [0.1, 0.15) is 17.4 Å². The Hall–Kier alpha value is -2.74. The van der Waals surface area contributed by atoms with Crippen LogP contribution in [-0.4, -0.2) is 12.6 Å². The van der Waals surface area contributed by atoms with E-state index >= 15 is 0 Å². The minimum Gasteiger partial charge on any atom is -0.463 e. The van der Waals surface area contributed by atoms with Crippen molar-refractivity contribution in [3.8, 4) is 6.07 Å². The number of benzene rings is 1. The number of carbonyl (C=O) groups excluding carboxylic acids is 1. The van der Waals surface area contributed by atoms with Gasteiger partial charge >= 0.3 is 5.97 Å². The van der Waals surface area contributed by atoms with E-state index in [9.17, 15) is 10.1 Å². The van der Waals surface area contributed by atoms with Gasteiger partial charge in [-0.25, -0.2) is 4.79 Å². The molecule has 24 heavy (non-hydrogen) atoms. The maximum Gasteiger partial charge on any atom is 0.338 e. The molecule has 1 heterocycles. The molecule has 2 rings (SSSR count). The summed E-state index contributed by atoms with van der Waals surface area (Å²) in [5, 5.41) is 9.60. The van der Waals surface area contributed by atoms with Crippen LogP contribution in [0, 0.1) is 32.1 Å². The molecular formula is C19H22N2O3. The largest absolute Gasteiger partial charge is 0.463 e. The Morgan fingerprint density at radius 3 is 2.38 bits per heavy atom. The molecule has 0 radical (unpaired) electrons. The van der Waals surface area contributed by atoms with Crippen molar-refractivity contribution in [1.82, 2.24) is 0 Å². The van der Waals surface area contributed by atoms with Crippen LogP contribution in [0.2, 0.25) is 0 Å². The van der Waals surface area contributed by atoms with Gasteiger partial charge in [-0.3, -0.25) is 0 Å². The lowest BCUT2D eigenvalue weighted by Crippen LogP contribution is -2.26. The van der Waals surface area contributed by atoms with E-state index in [1.807, 2.05) is 32.9 Å². The summed E-state index contributed by atoms with van der Waals surface area (Å²) in [4.78, 5) is 12.5. The molecule has 0 bridgehead atoms. The van der Waals surface area contributed by atoms with Gasteiger partial charge in [-0.2, -0.15) is 5.26 Å². The molecule has 2 N–H and O–H groups in total. The van der Waals surface area contributed by atoms with E-state index in [4.69, 9.17) is 15.2 Å². The molecule has 0 saturated carbocycles. The first-order valence-electron chi connectivity index (χ1n) is 7.85. The average Bonchev–Trinajstić information content (AvgIpc) is 2.46. The van der Waals surface area contributed by atoms with Crippen molar-refractivity contribution in [2.24, 2.45) is 5.73 Å². The van der Waals surface area contributed by atoms with Crippen molar-refractivity contribution < 1.29 is 14.3 Å². The van der Waals surface area contributed by atoms with Crippen LogP contribution in [0.4, 0.5) is 0 Å². The number of nitriles is 1. The summed E-state index contributed by atoms with van der Waals surface area (Å²) in [7, 11) is 0. The predicted molar refractivity (Wildman–Crippen MR) is 90.6 cm³/mol. The Morgan fingerprint density at radius 2 is 1.88 bits per heavy atom. The van der Waals surface area contributed by atoms with Crippen LogP contribution in [0.5, 0.6) is 0 Å². The maximum absolute atomic E-state index is 12.5. The lowest BCUT2D eigenvalue weighted by molar-refractivity contribution is -0.139. The van der Waals surface area contributed by atoms with Gasteiger partial charge in [-0.05, 0) is 51.3 Å². The fourth-order valence-electron chi connectivity index (χ4n) is 3.29. The molecule has 1 aromatic rings. The van der Waals surface area contributed by atoms with Crippen LogP contribution in [0.1, 0.15) is 42.0 Å². The summed E-state index contributed by atoms with van der Waals surface area (Å²) in [6.45, 7) is 9.59. The first-order chi connectivity index (χ1) is 11.3. The molecule has 5 heteroatoms. The van der Waals surface area contributed by atoms with Gasteiger partial charge in [0.25, 0.3) is 0 Å². The van der Waals surface area contributed by atoms with E-state index in [0.717, 1.165) is 22.3 Å². The minimum atomic E-state index is -0.580. The normalized spacial score (nSPS) is 17.4. The second-order valence-electron chi connectivity index (χ2n) is 5.93. The van der Waals surface area contributed by atoms with Crippen molar-refractivity contribution in [1.29, 1.82) is 5.26 Å². The standard InChI is InChI=1S/C19H22N2O3/c1-6-23-19(22)16-13(5)24-18(21)14(9-20)17(16)15-11(3)7-10(2)8-12(15)4/h7-8,17H,6,21H2,1-5H3/t17-/m1/s1. The van der Waals surface area contributed by atoms with Gasteiger partial charge < -0.3 is 15.2 Å². The highest BCUT2D eigenvalue weighted by molar-refractivity contribution is 5.92. The Balaban J connectivity index is 2.75. The van der Waals surface area contributed by atoms with Gasteiger partial charge in [0.15, 0.2) is 0 Å². The number of ether oxygens (including phenoxy) is 2. The quantitative estimate of drug-likeness (QED) is 0.862. The molecule has 1 aliphatic heterocycles. The van der Waals surface area contributed by atoms with Gasteiger partial charge in [-0.15, -0.1) is 0 Å². The maximum atomic E-state index is 12.5. The van der Waals surface area contributed by atoms with E-state index in [-0.39, 0.29) is 18.1 Å². The molecule has 0 saturated heterocycles. The fourth-order valence-corrected chi connectivity index (χ4v) is 3.29. The smallest absolute Gasteiger partial charge is 0.338 e. The van der Waals surface area contributed by atoms with Gasteiger partial charge in [0.2, 0.25) is 5.88 Å². The highest BCUT2D eigenvalue weighted by Crippen LogP contribution is 2.42.